The lowest BCUT2D eigenvalue weighted by Crippen LogP contribution is -2.28. The fourth-order valence-corrected chi connectivity index (χ4v) is 2.96. The molecule has 0 aromatic carbocycles. The zero-order valence-electron chi connectivity index (χ0n) is 14.3. The number of hydrogen-bond donors (Lipinski definition) is 2. The summed E-state index contributed by atoms with van der Waals surface area (Å²) in [5, 5.41) is 4.58. The molecule has 0 fully saturated rings. The van der Waals surface area contributed by atoms with Gasteiger partial charge in [-0.15, -0.1) is 11.3 Å². The number of amides is 1. The van der Waals surface area contributed by atoms with E-state index in [1.165, 1.54) is 11.3 Å². The molecule has 0 radical (unpaired) electrons. The average molecular weight is 364 g/mol. The van der Waals surface area contributed by atoms with E-state index in [0.29, 0.717) is 23.4 Å². The van der Waals surface area contributed by atoms with Gasteiger partial charge in [0.1, 0.15) is 5.69 Å². The molecule has 0 atom stereocenters. The fraction of sp³-hybridized carbons (Fsp3) is 0.353. The van der Waals surface area contributed by atoms with Gasteiger partial charge in [-0.25, -0.2) is 9.59 Å². The van der Waals surface area contributed by atoms with Gasteiger partial charge >= 0.3 is 11.9 Å². The molecule has 0 aliphatic rings. The van der Waals surface area contributed by atoms with Crippen molar-refractivity contribution in [3.63, 3.8) is 0 Å². The number of nitrogens with one attached hydrogen (secondary N) is 2. The van der Waals surface area contributed by atoms with Crippen LogP contribution in [-0.2, 0) is 20.8 Å². The second-order valence-electron chi connectivity index (χ2n) is 5.28. The van der Waals surface area contributed by atoms with Crippen LogP contribution in [0, 0.1) is 13.8 Å². The molecule has 25 heavy (non-hydrogen) atoms. The van der Waals surface area contributed by atoms with Crippen LogP contribution in [0.15, 0.2) is 17.5 Å². The van der Waals surface area contributed by atoms with E-state index in [2.05, 4.69) is 10.3 Å². The fourth-order valence-electron chi connectivity index (χ4n) is 2.32. The number of hydrogen-bond acceptors (Lipinski definition) is 6. The average Bonchev–Trinajstić information content (AvgIpc) is 3.18. The molecule has 2 heterocycles. The minimum Gasteiger partial charge on any atom is -0.462 e. The van der Waals surface area contributed by atoms with Crippen molar-refractivity contribution in [2.75, 3.05) is 13.2 Å². The highest BCUT2D eigenvalue weighted by molar-refractivity contribution is 7.09. The van der Waals surface area contributed by atoms with Crippen LogP contribution in [0.1, 0.15) is 43.9 Å². The van der Waals surface area contributed by atoms with E-state index in [9.17, 15) is 14.4 Å². The van der Waals surface area contributed by atoms with Crippen LogP contribution in [0.4, 0.5) is 0 Å². The maximum atomic E-state index is 12.2. The first-order valence-electron chi connectivity index (χ1n) is 7.76. The maximum absolute atomic E-state index is 12.2. The number of ether oxygens (including phenoxy) is 2. The smallest absolute Gasteiger partial charge is 0.355 e. The maximum Gasteiger partial charge on any atom is 0.355 e. The molecule has 134 valence electrons. The highest BCUT2D eigenvalue weighted by Crippen LogP contribution is 2.19. The first-order valence-corrected chi connectivity index (χ1v) is 8.64. The zero-order chi connectivity index (χ0) is 18.4. The standard InChI is InChI=1S/C17H20N2O5S/c1-4-23-16(21)14-10(2)15(19-11(14)3)17(22)24-9-13(20)18-8-12-6-5-7-25-12/h5-7,19H,4,8-9H2,1-3H3,(H,18,20). The lowest BCUT2D eigenvalue weighted by molar-refractivity contribution is -0.124. The summed E-state index contributed by atoms with van der Waals surface area (Å²) in [4.78, 5) is 39.7. The van der Waals surface area contributed by atoms with Gasteiger partial charge in [0.05, 0.1) is 18.7 Å². The summed E-state index contributed by atoms with van der Waals surface area (Å²) in [5.74, 6) is -1.59. The number of carbonyl (C=O) groups is 3. The Hall–Kier alpha value is -2.61. The van der Waals surface area contributed by atoms with Crippen LogP contribution in [0.3, 0.4) is 0 Å². The van der Waals surface area contributed by atoms with Crippen LogP contribution >= 0.6 is 11.3 Å². The summed E-state index contributed by atoms with van der Waals surface area (Å²) < 4.78 is 9.99. The third kappa shape index (κ3) is 4.69. The number of H-pyrrole nitrogens is 1. The Balaban J connectivity index is 1.93. The van der Waals surface area contributed by atoms with Crippen molar-refractivity contribution in [2.24, 2.45) is 0 Å². The van der Waals surface area contributed by atoms with Crippen LogP contribution in [-0.4, -0.2) is 36.0 Å². The number of aryl methyl sites for hydroxylation is 1. The first kappa shape index (κ1) is 18.7. The molecule has 0 saturated carbocycles. The third-order valence-electron chi connectivity index (χ3n) is 3.50. The number of aromatic amines is 1. The molecule has 2 aromatic rings. The van der Waals surface area contributed by atoms with Gasteiger partial charge in [-0.2, -0.15) is 0 Å². The first-order chi connectivity index (χ1) is 11.9. The molecule has 0 aliphatic heterocycles. The predicted octanol–water partition coefficient (Wildman–Crippen LogP) is 2.34. The van der Waals surface area contributed by atoms with Gasteiger partial charge in [0.25, 0.3) is 5.91 Å². The monoisotopic (exact) mass is 364 g/mol. The minimum atomic E-state index is -0.692. The van der Waals surface area contributed by atoms with Gasteiger partial charge in [-0.1, -0.05) is 6.07 Å². The van der Waals surface area contributed by atoms with Crippen molar-refractivity contribution >= 4 is 29.2 Å². The molecule has 2 aromatic heterocycles. The number of esters is 2. The van der Waals surface area contributed by atoms with E-state index in [-0.39, 0.29) is 12.3 Å². The summed E-state index contributed by atoms with van der Waals surface area (Å²) in [5.41, 5.74) is 1.42. The third-order valence-corrected chi connectivity index (χ3v) is 4.37. The molecule has 0 saturated heterocycles. The molecule has 0 bridgehead atoms. The molecule has 2 N–H and O–H groups in total. The Kier molecular flexibility index (Phi) is 6.35. The Bertz CT molecular complexity index is 764. The Morgan fingerprint density at radius 3 is 2.60 bits per heavy atom. The molecule has 1 amide bonds. The Morgan fingerprint density at radius 1 is 1.20 bits per heavy atom. The quantitative estimate of drug-likeness (QED) is 0.735. The molecule has 2 rings (SSSR count). The summed E-state index contributed by atoms with van der Waals surface area (Å²) in [6.07, 6.45) is 0. The summed E-state index contributed by atoms with van der Waals surface area (Å²) in [7, 11) is 0. The minimum absolute atomic E-state index is 0.145. The highest BCUT2D eigenvalue weighted by atomic mass is 32.1. The van der Waals surface area contributed by atoms with Gasteiger partial charge in [0.2, 0.25) is 0 Å². The molecule has 0 spiro atoms. The number of rotatable bonds is 7. The van der Waals surface area contributed by atoms with Crippen molar-refractivity contribution in [3.05, 3.63) is 44.9 Å². The lowest BCUT2D eigenvalue weighted by Gasteiger charge is -2.06. The van der Waals surface area contributed by atoms with Gasteiger partial charge in [0.15, 0.2) is 6.61 Å². The van der Waals surface area contributed by atoms with E-state index >= 15 is 0 Å². The summed E-state index contributed by atoms with van der Waals surface area (Å²) in [6, 6.07) is 3.79. The van der Waals surface area contributed by atoms with Gasteiger partial charge in [-0.3, -0.25) is 4.79 Å². The van der Waals surface area contributed by atoms with Gasteiger partial charge in [0, 0.05) is 10.6 Å². The van der Waals surface area contributed by atoms with Crippen LogP contribution < -0.4 is 5.32 Å². The molecule has 0 aliphatic carbocycles. The van der Waals surface area contributed by atoms with Gasteiger partial charge in [-0.05, 0) is 37.8 Å². The normalized spacial score (nSPS) is 10.4. The lowest BCUT2D eigenvalue weighted by atomic mass is 10.1. The number of thiophene rings is 1. The van der Waals surface area contributed by atoms with E-state index < -0.39 is 24.5 Å². The van der Waals surface area contributed by atoms with E-state index in [4.69, 9.17) is 9.47 Å². The van der Waals surface area contributed by atoms with E-state index in [1.807, 2.05) is 17.5 Å². The summed E-state index contributed by atoms with van der Waals surface area (Å²) in [6.45, 7) is 5.25. The highest BCUT2D eigenvalue weighted by Gasteiger charge is 2.24. The van der Waals surface area contributed by atoms with Crippen molar-refractivity contribution in [1.82, 2.24) is 10.3 Å². The predicted molar refractivity (Wildman–Crippen MR) is 92.7 cm³/mol. The molecular weight excluding hydrogens is 344 g/mol. The number of carbonyl (C=O) groups excluding carboxylic acids is 3. The SMILES string of the molecule is CCOC(=O)c1c(C)[nH]c(C(=O)OCC(=O)NCc2cccs2)c1C. The molecule has 0 unspecified atom stereocenters. The van der Waals surface area contributed by atoms with Crippen LogP contribution in [0.2, 0.25) is 0 Å². The van der Waals surface area contributed by atoms with E-state index in [1.54, 1.807) is 20.8 Å². The Morgan fingerprint density at radius 2 is 1.96 bits per heavy atom. The van der Waals surface area contributed by atoms with Crippen LogP contribution in [0.5, 0.6) is 0 Å². The van der Waals surface area contributed by atoms with Crippen molar-refractivity contribution in [2.45, 2.75) is 27.3 Å². The largest absolute Gasteiger partial charge is 0.462 e. The van der Waals surface area contributed by atoms with Crippen molar-refractivity contribution in [1.29, 1.82) is 0 Å². The second kappa shape index (κ2) is 8.48. The van der Waals surface area contributed by atoms with E-state index in [0.717, 1.165) is 4.88 Å². The molecule has 7 nitrogen and oxygen atoms in total. The molecule has 8 heteroatoms. The Labute approximate surface area is 149 Å². The van der Waals surface area contributed by atoms with Gasteiger partial charge < -0.3 is 19.8 Å². The van der Waals surface area contributed by atoms with Crippen molar-refractivity contribution in [3.8, 4) is 0 Å². The molecular formula is C17H20N2O5S. The second-order valence-corrected chi connectivity index (χ2v) is 6.31. The topological polar surface area (TPSA) is 97.5 Å². The number of aromatic nitrogens is 1. The van der Waals surface area contributed by atoms with Crippen LogP contribution in [0.25, 0.3) is 0 Å². The summed E-state index contributed by atoms with van der Waals surface area (Å²) >= 11 is 1.53. The van der Waals surface area contributed by atoms with Crippen molar-refractivity contribution < 1.29 is 23.9 Å². The zero-order valence-corrected chi connectivity index (χ0v) is 15.1.